The smallest absolute Gasteiger partial charge is 0.337 e. The molecule has 0 aliphatic rings. The summed E-state index contributed by atoms with van der Waals surface area (Å²) in [5.74, 6) is -0.358. The zero-order valence-corrected chi connectivity index (χ0v) is 16.2. The average molecular weight is 392 g/mol. The number of nitrogens with zero attached hydrogens (tertiary/aromatic N) is 3. The quantitative estimate of drug-likeness (QED) is 0.526. The van der Waals surface area contributed by atoms with Crippen molar-refractivity contribution in [2.24, 2.45) is 0 Å². The van der Waals surface area contributed by atoms with Crippen LogP contribution < -0.4 is 10.6 Å². The molecule has 0 fully saturated rings. The van der Waals surface area contributed by atoms with Crippen LogP contribution in [0.25, 0.3) is 0 Å². The van der Waals surface area contributed by atoms with Gasteiger partial charge in [0, 0.05) is 6.54 Å². The van der Waals surface area contributed by atoms with Gasteiger partial charge in [-0.25, -0.2) is 4.79 Å². The Morgan fingerprint density at radius 2 is 1.96 bits per heavy atom. The number of carbonyl (C=O) groups excluding carboxylic acids is 2. The zero-order valence-electron chi connectivity index (χ0n) is 15.5. The molecule has 0 saturated heterocycles. The molecule has 0 aliphatic heterocycles. The number of hydrogen-bond donors (Lipinski definition) is 2. The third kappa shape index (κ3) is 6.19. The van der Waals surface area contributed by atoms with Gasteiger partial charge in [0.05, 0.1) is 23.4 Å². The van der Waals surface area contributed by atoms with Gasteiger partial charge in [-0.2, -0.15) is 0 Å². The fraction of sp³-hybridized carbons (Fsp3) is 0.333. The molecule has 0 bridgehead atoms. The van der Waals surface area contributed by atoms with Gasteiger partial charge < -0.3 is 20.3 Å². The minimum absolute atomic E-state index is 0.222. The number of benzene rings is 1. The number of carbonyl (C=O) groups is 2. The first-order valence-corrected chi connectivity index (χ1v) is 8.70. The van der Waals surface area contributed by atoms with Crippen LogP contribution in [0, 0.1) is 0 Å². The first kappa shape index (κ1) is 20.6. The maximum Gasteiger partial charge on any atom is 0.337 e. The highest BCUT2D eigenvalue weighted by atomic mass is 35.5. The number of ether oxygens (including phenoxy) is 1. The monoisotopic (exact) mass is 391 g/mol. The minimum Gasteiger partial charge on any atom is -0.465 e. The second-order valence-corrected chi connectivity index (χ2v) is 6.43. The van der Waals surface area contributed by atoms with E-state index in [1.165, 1.54) is 7.11 Å². The van der Waals surface area contributed by atoms with Crippen molar-refractivity contribution in [3.05, 3.63) is 46.6 Å². The molecule has 1 amide bonds. The van der Waals surface area contributed by atoms with E-state index in [-0.39, 0.29) is 11.6 Å². The molecule has 27 heavy (non-hydrogen) atoms. The Kier molecular flexibility index (Phi) is 7.51. The van der Waals surface area contributed by atoms with Gasteiger partial charge in [0.1, 0.15) is 0 Å². The SMILES string of the molecule is COC(=O)c1ccc(Cl)c(Nc2ccc(C(=O)NCCCN(C)C)nn2)c1. The number of halogens is 1. The lowest BCUT2D eigenvalue weighted by Crippen LogP contribution is -2.28. The van der Waals surface area contributed by atoms with Crippen LogP contribution in [-0.4, -0.2) is 61.3 Å². The normalized spacial score (nSPS) is 10.6. The van der Waals surface area contributed by atoms with Crippen LogP contribution in [0.5, 0.6) is 0 Å². The van der Waals surface area contributed by atoms with E-state index in [1.807, 2.05) is 19.0 Å². The van der Waals surface area contributed by atoms with E-state index >= 15 is 0 Å². The average Bonchev–Trinajstić information content (AvgIpc) is 2.66. The van der Waals surface area contributed by atoms with Crippen LogP contribution >= 0.6 is 11.6 Å². The zero-order chi connectivity index (χ0) is 19.8. The second kappa shape index (κ2) is 9.84. The Bertz CT molecular complexity index is 796. The molecule has 0 unspecified atom stereocenters. The van der Waals surface area contributed by atoms with Crippen molar-refractivity contribution in [3.8, 4) is 0 Å². The van der Waals surface area contributed by atoms with Crippen molar-refractivity contribution < 1.29 is 14.3 Å². The molecule has 0 saturated carbocycles. The van der Waals surface area contributed by atoms with Crippen LogP contribution in [0.3, 0.4) is 0 Å². The molecule has 2 aromatic rings. The second-order valence-electron chi connectivity index (χ2n) is 6.03. The lowest BCUT2D eigenvalue weighted by Gasteiger charge is -2.10. The van der Waals surface area contributed by atoms with Gasteiger partial charge in [-0.3, -0.25) is 4.79 Å². The number of esters is 1. The van der Waals surface area contributed by atoms with E-state index in [1.54, 1.807) is 30.3 Å². The van der Waals surface area contributed by atoms with Crippen LogP contribution in [-0.2, 0) is 4.74 Å². The maximum absolute atomic E-state index is 12.0. The minimum atomic E-state index is -0.470. The largest absolute Gasteiger partial charge is 0.465 e. The fourth-order valence-corrected chi connectivity index (χ4v) is 2.38. The maximum atomic E-state index is 12.0. The van der Waals surface area contributed by atoms with Crippen molar-refractivity contribution in [1.82, 2.24) is 20.4 Å². The van der Waals surface area contributed by atoms with E-state index in [0.717, 1.165) is 13.0 Å². The molecular formula is C18H22ClN5O3. The standard InChI is InChI=1S/C18H22ClN5O3/c1-24(2)10-4-9-20-17(25)14-7-8-16(23-22-14)21-15-11-12(18(26)27-3)5-6-13(15)19/h5-8,11H,4,9-10H2,1-3H3,(H,20,25)(H,21,23). The molecule has 1 heterocycles. The third-order valence-corrected chi connectivity index (χ3v) is 3.94. The van der Waals surface area contributed by atoms with Crippen LogP contribution in [0.4, 0.5) is 11.5 Å². The van der Waals surface area contributed by atoms with E-state index < -0.39 is 5.97 Å². The lowest BCUT2D eigenvalue weighted by molar-refractivity contribution is 0.0600. The molecule has 1 aromatic carbocycles. The van der Waals surface area contributed by atoms with Gasteiger partial charge in [0.2, 0.25) is 0 Å². The highest BCUT2D eigenvalue weighted by Gasteiger charge is 2.11. The molecule has 2 rings (SSSR count). The van der Waals surface area contributed by atoms with Crippen molar-refractivity contribution >= 4 is 35.0 Å². The van der Waals surface area contributed by atoms with Crippen molar-refractivity contribution in [2.75, 3.05) is 39.6 Å². The van der Waals surface area contributed by atoms with E-state index in [4.69, 9.17) is 16.3 Å². The van der Waals surface area contributed by atoms with Gasteiger partial charge in [0.15, 0.2) is 11.5 Å². The Hall–Kier alpha value is -2.71. The number of rotatable bonds is 8. The highest BCUT2D eigenvalue weighted by molar-refractivity contribution is 6.33. The lowest BCUT2D eigenvalue weighted by atomic mass is 10.2. The molecule has 144 valence electrons. The third-order valence-electron chi connectivity index (χ3n) is 3.62. The fourth-order valence-electron chi connectivity index (χ4n) is 2.21. The molecule has 0 aliphatic carbocycles. The number of aromatic nitrogens is 2. The Morgan fingerprint density at radius 3 is 2.59 bits per heavy atom. The molecule has 0 radical (unpaired) electrons. The molecular weight excluding hydrogens is 370 g/mol. The van der Waals surface area contributed by atoms with Gasteiger partial charge in [-0.1, -0.05) is 11.6 Å². The van der Waals surface area contributed by atoms with Crippen LogP contribution in [0.1, 0.15) is 27.3 Å². The van der Waals surface area contributed by atoms with Gasteiger partial charge in [-0.05, 0) is 57.4 Å². The van der Waals surface area contributed by atoms with E-state index in [0.29, 0.717) is 28.6 Å². The number of hydrogen-bond acceptors (Lipinski definition) is 7. The number of nitrogens with one attached hydrogen (secondary N) is 2. The molecule has 8 nitrogen and oxygen atoms in total. The summed E-state index contributed by atoms with van der Waals surface area (Å²) in [4.78, 5) is 25.7. The first-order chi connectivity index (χ1) is 12.9. The summed E-state index contributed by atoms with van der Waals surface area (Å²) in [6, 6.07) is 7.88. The summed E-state index contributed by atoms with van der Waals surface area (Å²) < 4.78 is 4.69. The molecule has 0 atom stereocenters. The predicted molar refractivity (Wildman–Crippen MR) is 104 cm³/mol. The summed E-state index contributed by atoms with van der Waals surface area (Å²) in [7, 11) is 5.26. The summed E-state index contributed by atoms with van der Waals surface area (Å²) in [5.41, 5.74) is 1.06. The van der Waals surface area contributed by atoms with E-state index in [9.17, 15) is 9.59 Å². The van der Waals surface area contributed by atoms with Gasteiger partial charge in [-0.15, -0.1) is 10.2 Å². The van der Waals surface area contributed by atoms with Crippen LogP contribution in [0.15, 0.2) is 30.3 Å². The van der Waals surface area contributed by atoms with Gasteiger partial charge in [0.25, 0.3) is 5.91 Å². The highest BCUT2D eigenvalue weighted by Crippen LogP contribution is 2.26. The first-order valence-electron chi connectivity index (χ1n) is 8.32. The topological polar surface area (TPSA) is 96.4 Å². The van der Waals surface area contributed by atoms with Crippen molar-refractivity contribution in [1.29, 1.82) is 0 Å². The predicted octanol–water partition coefficient (Wildman–Crippen LogP) is 2.34. The summed E-state index contributed by atoms with van der Waals surface area (Å²) in [5, 5.41) is 14.1. The summed E-state index contributed by atoms with van der Waals surface area (Å²) >= 11 is 6.14. The Labute approximate surface area is 162 Å². The summed E-state index contributed by atoms with van der Waals surface area (Å²) in [6.45, 7) is 1.45. The van der Waals surface area contributed by atoms with E-state index in [2.05, 4.69) is 20.8 Å². The number of anilines is 2. The summed E-state index contributed by atoms with van der Waals surface area (Å²) in [6.07, 6.45) is 0.848. The Balaban J connectivity index is 1.99. The van der Waals surface area contributed by atoms with Crippen LogP contribution in [0.2, 0.25) is 5.02 Å². The van der Waals surface area contributed by atoms with Crippen molar-refractivity contribution in [2.45, 2.75) is 6.42 Å². The molecule has 2 N–H and O–H groups in total. The molecule has 1 aromatic heterocycles. The van der Waals surface area contributed by atoms with Crippen molar-refractivity contribution in [3.63, 3.8) is 0 Å². The molecule has 0 spiro atoms. The Morgan fingerprint density at radius 1 is 1.19 bits per heavy atom. The molecule has 9 heteroatoms. The number of methoxy groups -OCH3 is 1. The van der Waals surface area contributed by atoms with Gasteiger partial charge >= 0.3 is 5.97 Å². The number of amides is 1.